The fourth-order valence-corrected chi connectivity index (χ4v) is 3.65. The summed E-state index contributed by atoms with van der Waals surface area (Å²) in [6.07, 6.45) is 3.88. The molecule has 0 aliphatic rings. The van der Waals surface area contributed by atoms with Crippen molar-refractivity contribution in [2.45, 2.75) is 38.0 Å². The second kappa shape index (κ2) is 12.0. The van der Waals surface area contributed by atoms with Crippen molar-refractivity contribution in [1.82, 2.24) is 20.6 Å². The first-order valence-electron chi connectivity index (χ1n) is 9.23. The van der Waals surface area contributed by atoms with Crippen LogP contribution in [0.25, 0.3) is 0 Å². The maximum atomic E-state index is 12.7. The van der Waals surface area contributed by atoms with Crippen LogP contribution < -0.4 is 10.6 Å². The predicted molar refractivity (Wildman–Crippen MR) is 121 cm³/mol. The molecule has 0 spiro atoms. The van der Waals surface area contributed by atoms with Gasteiger partial charge in [-0.05, 0) is 36.7 Å². The van der Waals surface area contributed by atoms with Crippen LogP contribution in [0.5, 0.6) is 0 Å². The summed E-state index contributed by atoms with van der Waals surface area (Å²) < 4.78 is 0. The van der Waals surface area contributed by atoms with Crippen LogP contribution >= 0.6 is 35.1 Å². The van der Waals surface area contributed by atoms with Gasteiger partial charge < -0.3 is 10.6 Å². The van der Waals surface area contributed by atoms with Crippen molar-refractivity contribution in [2.75, 3.05) is 17.8 Å². The topological polar surface area (TPSA) is 84.0 Å². The summed E-state index contributed by atoms with van der Waals surface area (Å²) in [5, 5.41) is 6.31. The molecule has 0 aliphatic heterocycles. The molecule has 2 N–H and O–H groups in total. The molecule has 2 aromatic rings. The Bertz CT molecular complexity index is 834. The van der Waals surface area contributed by atoms with Gasteiger partial charge >= 0.3 is 0 Å². The number of nitrogens with zero attached hydrogens (tertiary/aromatic N) is 2. The standard InChI is InChI=1S/C20H25ClN4O2S2/c1-4-29-20-23-12-15(21)17(25-20)19(27)24-16(9-10-28-3)18(26)22-11-14-7-5-13(2)6-8-14/h5-8,12,16H,4,9-11H2,1-3H3,(H,22,26)(H,24,27)/t16-/m0/s1. The molecule has 9 heteroatoms. The summed E-state index contributed by atoms with van der Waals surface area (Å²) in [5.41, 5.74) is 2.24. The smallest absolute Gasteiger partial charge is 0.272 e. The summed E-state index contributed by atoms with van der Waals surface area (Å²) in [7, 11) is 0. The van der Waals surface area contributed by atoms with Crippen LogP contribution in [0, 0.1) is 6.92 Å². The Hall–Kier alpha value is -1.77. The molecule has 0 saturated carbocycles. The van der Waals surface area contributed by atoms with Crippen LogP contribution in [0.15, 0.2) is 35.6 Å². The van der Waals surface area contributed by atoms with Gasteiger partial charge in [-0.25, -0.2) is 9.97 Å². The van der Waals surface area contributed by atoms with Crippen molar-refractivity contribution in [3.8, 4) is 0 Å². The Labute approximate surface area is 185 Å². The molecule has 1 atom stereocenters. The van der Waals surface area contributed by atoms with E-state index in [-0.39, 0.29) is 16.6 Å². The molecule has 0 aliphatic carbocycles. The van der Waals surface area contributed by atoms with Crippen molar-refractivity contribution < 1.29 is 9.59 Å². The molecule has 0 bridgehead atoms. The molecule has 0 unspecified atom stereocenters. The van der Waals surface area contributed by atoms with Gasteiger partial charge in [0.15, 0.2) is 10.9 Å². The lowest BCUT2D eigenvalue weighted by molar-refractivity contribution is -0.123. The zero-order valence-corrected chi connectivity index (χ0v) is 19.1. The van der Waals surface area contributed by atoms with Gasteiger partial charge in [-0.1, -0.05) is 60.1 Å². The van der Waals surface area contributed by atoms with Crippen molar-refractivity contribution in [2.24, 2.45) is 0 Å². The average molecular weight is 453 g/mol. The van der Waals surface area contributed by atoms with Crippen LogP contribution in [0.2, 0.25) is 5.02 Å². The zero-order valence-electron chi connectivity index (χ0n) is 16.7. The van der Waals surface area contributed by atoms with Crippen molar-refractivity contribution in [1.29, 1.82) is 0 Å². The van der Waals surface area contributed by atoms with E-state index in [0.29, 0.717) is 18.1 Å². The van der Waals surface area contributed by atoms with Crippen LogP contribution in [0.1, 0.15) is 35.0 Å². The number of carbonyl (C=O) groups excluding carboxylic acids is 2. The summed E-state index contributed by atoms with van der Waals surface area (Å²) in [6.45, 7) is 4.38. The lowest BCUT2D eigenvalue weighted by Crippen LogP contribution is -2.47. The SMILES string of the molecule is CCSc1ncc(Cl)c(C(=O)N[C@@H](CCSC)C(=O)NCc2ccc(C)cc2)n1. The van der Waals surface area contributed by atoms with Gasteiger partial charge in [-0.2, -0.15) is 11.8 Å². The molecule has 0 radical (unpaired) electrons. The number of carbonyl (C=O) groups is 2. The monoisotopic (exact) mass is 452 g/mol. The van der Waals surface area contributed by atoms with E-state index < -0.39 is 11.9 Å². The fraction of sp³-hybridized carbons (Fsp3) is 0.400. The summed E-state index contributed by atoms with van der Waals surface area (Å²) in [4.78, 5) is 33.8. The van der Waals surface area contributed by atoms with Crippen LogP contribution in [-0.4, -0.2) is 45.6 Å². The lowest BCUT2D eigenvalue weighted by atomic mass is 10.1. The third-order valence-electron chi connectivity index (χ3n) is 4.03. The van der Waals surface area contributed by atoms with E-state index in [1.165, 1.54) is 18.0 Å². The normalized spacial score (nSPS) is 11.7. The van der Waals surface area contributed by atoms with Gasteiger partial charge in [-0.15, -0.1) is 0 Å². The highest BCUT2D eigenvalue weighted by Gasteiger charge is 2.23. The second-order valence-corrected chi connectivity index (χ2v) is 8.92. The number of hydrogen-bond acceptors (Lipinski definition) is 6. The number of amides is 2. The lowest BCUT2D eigenvalue weighted by Gasteiger charge is -2.18. The van der Waals surface area contributed by atoms with E-state index >= 15 is 0 Å². The third kappa shape index (κ3) is 7.53. The third-order valence-corrected chi connectivity index (χ3v) is 5.69. The number of halogens is 1. The quantitative estimate of drug-likeness (QED) is 0.422. The minimum atomic E-state index is -0.672. The summed E-state index contributed by atoms with van der Waals surface area (Å²) in [5.74, 6) is 0.797. The number of nitrogens with one attached hydrogen (secondary N) is 2. The number of hydrogen-bond donors (Lipinski definition) is 2. The molecular formula is C20H25ClN4O2S2. The first kappa shape index (κ1) is 23.5. The molecule has 6 nitrogen and oxygen atoms in total. The van der Waals surface area contributed by atoms with Gasteiger partial charge in [0.2, 0.25) is 5.91 Å². The zero-order chi connectivity index (χ0) is 21.2. The predicted octanol–water partition coefficient (Wildman–Crippen LogP) is 3.72. The van der Waals surface area contributed by atoms with Crippen molar-refractivity contribution >= 4 is 46.9 Å². The van der Waals surface area contributed by atoms with Gasteiger partial charge in [0, 0.05) is 6.54 Å². The van der Waals surface area contributed by atoms with Crippen LogP contribution in [-0.2, 0) is 11.3 Å². The Morgan fingerprint density at radius 3 is 2.62 bits per heavy atom. The van der Waals surface area contributed by atoms with E-state index in [4.69, 9.17) is 11.6 Å². The van der Waals surface area contributed by atoms with Gasteiger partial charge in [0.25, 0.3) is 5.91 Å². The number of benzene rings is 1. The molecule has 2 amide bonds. The molecule has 1 heterocycles. The first-order chi connectivity index (χ1) is 13.9. The highest BCUT2D eigenvalue weighted by Crippen LogP contribution is 2.18. The molecule has 2 rings (SSSR count). The number of thioether (sulfide) groups is 2. The fourth-order valence-electron chi connectivity index (χ4n) is 2.46. The van der Waals surface area contributed by atoms with E-state index in [9.17, 15) is 9.59 Å². The molecule has 0 saturated heterocycles. The molecule has 0 fully saturated rings. The van der Waals surface area contributed by atoms with E-state index in [2.05, 4.69) is 20.6 Å². The summed E-state index contributed by atoms with van der Waals surface area (Å²) >= 11 is 9.14. The first-order valence-corrected chi connectivity index (χ1v) is 12.0. The maximum Gasteiger partial charge on any atom is 0.272 e. The Morgan fingerprint density at radius 1 is 1.24 bits per heavy atom. The highest BCUT2D eigenvalue weighted by molar-refractivity contribution is 7.99. The summed E-state index contributed by atoms with van der Waals surface area (Å²) in [6, 6.07) is 7.26. The largest absolute Gasteiger partial charge is 0.350 e. The minimum Gasteiger partial charge on any atom is -0.350 e. The van der Waals surface area contributed by atoms with Crippen LogP contribution in [0.3, 0.4) is 0 Å². The Balaban J connectivity index is 2.06. The molecular weight excluding hydrogens is 428 g/mol. The van der Waals surface area contributed by atoms with Gasteiger partial charge in [-0.3, -0.25) is 9.59 Å². The van der Waals surface area contributed by atoms with Crippen molar-refractivity contribution in [3.05, 3.63) is 52.3 Å². The van der Waals surface area contributed by atoms with E-state index in [1.54, 1.807) is 11.8 Å². The molecule has 1 aromatic carbocycles. The number of aromatic nitrogens is 2. The molecule has 156 valence electrons. The van der Waals surface area contributed by atoms with E-state index in [1.807, 2.05) is 44.4 Å². The highest BCUT2D eigenvalue weighted by atomic mass is 35.5. The minimum absolute atomic E-state index is 0.0816. The average Bonchev–Trinajstić information content (AvgIpc) is 2.71. The number of aryl methyl sites for hydroxylation is 1. The van der Waals surface area contributed by atoms with Crippen LogP contribution in [0.4, 0.5) is 0 Å². The van der Waals surface area contributed by atoms with E-state index in [0.717, 1.165) is 22.6 Å². The Morgan fingerprint density at radius 2 is 1.97 bits per heavy atom. The van der Waals surface area contributed by atoms with Gasteiger partial charge in [0.05, 0.1) is 11.2 Å². The van der Waals surface area contributed by atoms with Crippen molar-refractivity contribution in [3.63, 3.8) is 0 Å². The molecule has 1 aromatic heterocycles. The Kier molecular flexibility index (Phi) is 9.76. The second-order valence-electron chi connectivity index (χ2n) is 6.29. The van der Waals surface area contributed by atoms with Gasteiger partial charge in [0.1, 0.15) is 6.04 Å². The number of rotatable bonds is 10. The maximum absolute atomic E-state index is 12.7. The molecule has 29 heavy (non-hydrogen) atoms.